The van der Waals surface area contributed by atoms with Crippen LogP contribution in [0.1, 0.15) is 5.69 Å². The summed E-state index contributed by atoms with van der Waals surface area (Å²) in [6.45, 7) is 0.288. The summed E-state index contributed by atoms with van der Waals surface area (Å²) in [5, 5.41) is 5.66. The Morgan fingerprint density at radius 1 is 0.931 bits per heavy atom. The molecule has 0 radical (unpaired) electrons. The van der Waals surface area contributed by atoms with Crippen molar-refractivity contribution in [1.82, 2.24) is 15.3 Å². The Labute approximate surface area is 167 Å². The summed E-state index contributed by atoms with van der Waals surface area (Å²) >= 11 is 0. The molecular weight excluding hydrogens is 367 g/mol. The smallest absolute Gasteiger partial charge is 0.319 e. The Balaban J connectivity index is 1.60. The number of rotatable bonds is 5. The number of nitrogens with one attached hydrogen (secondary N) is 3. The van der Waals surface area contributed by atoms with Gasteiger partial charge in [0.05, 0.1) is 6.54 Å². The van der Waals surface area contributed by atoms with Gasteiger partial charge in [-0.15, -0.1) is 0 Å². The van der Waals surface area contributed by atoms with E-state index >= 15 is 0 Å². The molecule has 29 heavy (non-hydrogen) atoms. The van der Waals surface area contributed by atoms with Crippen LogP contribution in [0, 0.1) is 5.82 Å². The van der Waals surface area contributed by atoms with Crippen LogP contribution in [-0.2, 0) is 6.54 Å². The zero-order valence-corrected chi connectivity index (χ0v) is 15.5. The van der Waals surface area contributed by atoms with E-state index in [-0.39, 0.29) is 18.4 Å². The van der Waals surface area contributed by atoms with Crippen molar-refractivity contribution in [1.29, 1.82) is 0 Å². The first-order valence-corrected chi connectivity index (χ1v) is 9.17. The molecule has 2 amide bonds. The van der Waals surface area contributed by atoms with Crippen molar-refractivity contribution in [3.8, 4) is 22.3 Å². The topological polar surface area (TPSA) is 69.8 Å². The molecule has 0 unspecified atom stereocenters. The van der Waals surface area contributed by atoms with Gasteiger partial charge in [0.15, 0.2) is 0 Å². The van der Waals surface area contributed by atoms with Gasteiger partial charge in [-0.25, -0.2) is 9.18 Å². The van der Waals surface area contributed by atoms with Crippen LogP contribution in [0.4, 0.5) is 14.9 Å². The molecule has 144 valence electrons. The molecule has 0 bridgehead atoms. The molecule has 2 aromatic carbocycles. The molecule has 0 aliphatic heterocycles. The van der Waals surface area contributed by atoms with Gasteiger partial charge in [-0.3, -0.25) is 4.98 Å². The number of hydrogen-bond donors (Lipinski definition) is 3. The minimum Gasteiger partial charge on any atom is -0.362 e. The van der Waals surface area contributed by atoms with Gasteiger partial charge < -0.3 is 15.6 Å². The van der Waals surface area contributed by atoms with E-state index in [1.165, 1.54) is 12.1 Å². The van der Waals surface area contributed by atoms with E-state index in [1.807, 2.05) is 48.7 Å². The number of hydrogen-bond acceptors (Lipinski definition) is 2. The first-order valence-electron chi connectivity index (χ1n) is 9.17. The number of aromatic amines is 1. The molecule has 4 rings (SSSR count). The van der Waals surface area contributed by atoms with E-state index in [9.17, 15) is 9.18 Å². The second-order valence-electron chi connectivity index (χ2n) is 6.47. The van der Waals surface area contributed by atoms with Crippen molar-refractivity contribution in [2.75, 3.05) is 5.32 Å². The maximum atomic E-state index is 13.4. The summed E-state index contributed by atoms with van der Waals surface area (Å²) in [6.07, 6.45) is 5.34. The highest BCUT2D eigenvalue weighted by Crippen LogP contribution is 2.35. The van der Waals surface area contributed by atoms with E-state index in [0.717, 1.165) is 27.9 Å². The lowest BCUT2D eigenvalue weighted by Gasteiger charge is -2.11. The van der Waals surface area contributed by atoms with Crippen molar-refractivity contribution in [2.45, 2.75) is 6.54 Å². The third-order valence-electron chi connectivity index (χ3n) is 4.54. The fraction of sp³-hybridized carbons (Fsp3) is 0.0435. The van der Waals surface area contributed by atoms with E-state index in [2.05, 4.69) is 20.6 Å². The van der Waals surface area contributed by atoms with Crippen LogP contribution in [0.5, 0.6) is 0 Å². The minimum absolute atomic E-state index is 0.288. The molecule has 0 fully saturated rings. The van der Waals surface area contributed by atoms with Crippen molar-refractivity contribution >= 4 is 11.7 Å². The zero-order valence-electron chi connectivity index (χ0n) is 15.5. The number of urea groups is 1. The number of H-pyrrole nitrogens is 1. The largest absolute Gasteiger partial charge is 0.362 e. The van der Waals surface area contributed by atoms with Crippen LogP contribution in [0.15, 0.2) is 85.3 Å². The molecular formula is C23H19FN4O. The molecule has 0 spiro atoms. The number of benzene rings is 2. The second kappa shape index (κ2) is 8.39. The molecule has 0 atom stereocenters. The summed E-state index contributed by atoms with van der Waals surface area (Å²) in [7, 11) is 0. The Morgan fingerprint density at radius 3 is 2.38 bits per heavy atom. The van der Waals surface area contributed by atoms with Crippen LogP contribution in [0.3, 0.4) is 0 Å². The van der Waals surface area contributed by atoms with Gasteiger partial charge in [0, 0.05) is 41.1 Å². The molecule has 5 nitrogen and oxygen atoms in total. The maximum Gasteiger partial charge on any atom is 0.319 e. The number of pyridine rings is 1. The number of halogens is 1. The van der Waals surface area contributed by atoms with E-state index < -0.39 is 0 Å². The maximum absolute atomic E-state index is 13.4. The van der Waals surface area contributed by atoms with Gasteiger partial charge >= 0.3 is 6.03 Å². The average molecular weight is 386 g/mol. The Hall–Kier alpha value is -3.93. The van der Waals surface area contributed by atoms with Gasteiger partial charge in [0.1, 0.15) is 5.82 Å². The summed E-state index contributed by atoms with van der Waals surface area (Å²) in [4.78, 5) is 19.6. The summed E-state index contributed by atoms with van der Waals surface area (Å²) in [6, 6.07) is 19.1. The van der Waals surface area contributed by atoms with Crippen LogP contribution >= 0.6 is 0 Å². The SMILES string of the molecule is O=C(NCc1[nH]cc(-c2ccncc2)c1-c1ccc(F)cc1)Nc1ccccc1. The lowest BCUT2D eigenvalue weighted by Crippen LogP contribution is -2.28. The predicted molar refractivity (Wildman–Crippen MR) is 112 cm³/mol. The Morgan fingerprint density at radius 2 is 1.66 bits per heavy atom. The molecule has 0 saturated carbocycles. The quantitative estimate of drug-likeness (QED) is 0.441. The molecule has 4 aromatic rings. The van der Waals surface area contributed by atoms with Crippen molar-refractivity contribution in [2.24, 2.45) is 0 Å². The van der Waals surface area contributed by atoms with E-state index in [4.69, 9.17) is 0 Å². The molecule has 2 aromatic heterocycles. The van der Waals surface area contributed by atoms with Gasteiger partial charge in [-0.05, 0) is 47.5 Å². The van der Waals surface area contributed by atoms with Gasteiger partial charge in [-0.1, -0.05) is 30.3 Å². The predicted octanol–water partition coefficient (Wildman–Crippen LogP) is 5.20. The standard InChI is InChI=1S/C23H19FN4O/c24-18-8-6-17(7-9-18)22-20(16-10-12-25-13-11-16)14-26-21(22)15-27-23(29)28-19-4-2-1-3-5-19/h1-14,26H,15H2,(H2,27,28,29). The number of para-hydroxylation sites is 1. The summed E-state index contributed by atoms with van der Waals surface area (Å²) in [5.41, 5.74) is 5.25. The highest BCUT2D eigenvalue weighted by atomic mass is 19.1. The van der Waals surface area contributed by atoms with Crippen molar-refractivity contribution < 1.29 is 9.18 Å². The normalized spacial score (nSPS) is 10.5. The molecule has 6 heteroatoms. The van der Waals surface area contributed by atoms with Crippen LogP contribution in [-0.4, -0.2) is 16.0 Å². The van der Waals surface area contributed by atoms with Crippen molar-refractivity contribution in [3.05, 3.63) is 96.8 Å². The fourth-order valence-corrected chi connectivity index (χ4v) is 3.18. The number of amides is 2. The number of aromatic nitrogens is 2. The molecule has 3 N–H and O–H groups in total. The second-order valence-corrected chi connectivity index (χ2v) is 6.47. The van der Waals surface area contributed by atoms with Gasteiger partial charge in [0.25, 0.3) is 0 Å². The lowest BCUT2D eigenvalue weighted by atomic mass is 9.97. The van der Waals surface area contributed by atoms with Crippen LogP contribution < -0.4 is 10.6 Å². The summed E-state index contributed by atoms with van der Waals surface area (Å²) in [5.74, 6) is -0.295. The van der Waals surface area contributed by atoms with Crippen LogP contribution in [0.2, 0.25) is 0 Å². The number of carbonyl (C=O) groups excluding carboxylic acids is 1. The summed E-state index contributed by atoms with van der Waals surface area (Å²) < 4.78 is 13.4. The minimum atomic E-state index is -0.304. The molecule has 0 aliphatic carbocycles. The number of carbonyl (C=O) groups is 1. The first kappa shape index (κ1) is 18.4. The Bertz CT molecular complexity index is 1090. The highest BCUT2D eigenvalue weighted by Gasteiger charge is 2.16. The van der Waals surface area contributed by atoms with Gasteiger partial charge in [-0.2, -0.15) is 0 Å². The van der Waals surface area contributed by atoms with E-state index in [1.54, 1.807) is 24.5 Å². The average Bonchev–Trinajstić information content (AvgIpc) is 3.18. The fourth-order valence-electron chi connectivity index (χ4n) is 3.18. The highest BCUT2D eigenvalue weighted by molar-refractivity contribution is 5.90. The monoisotopic (exact) mass is 386 g/mol. The molecule has 0 aliphatic rings. The van der Waals surface area contributed by atoms with Crippen LogP contribution in [0.25, 0.3) is 22.3 Å². The Kier molecular flexibility index (Phi) is 5.33. The number of nitrogens with zero attached hydrogens (tertiary/aromatic N) is 1. The third kappa shape index (κ3) is 4.32. The molecule has 2 heterocycles. The lowest BCUT2D eigenvalue weighted by molar-refractivity contribution is 0.251. The zero-order chi connectivity index (χ0) is 20.1. The van der Waals surface area contributed by atoms with Gasteiger partial charge in [0.2, 0.25) is 0 Å². The molecule has 0 saturated heterocycles. The van der Waals surface area contributed by atoms with Crippen molar-refractivity contribution in [3.63, 3.8) is 0 Å². The van der Waals surface area contributed by atoms with E-state index in [0.29, 0.717) is 5.69 Å². The number of anilines is 1. The third-order valence-corrected chi connectivity index (χ3v) is 4.54. The first-order chi connectivity index (χ1) is 14.2.